The van der Waals surface area contributed by atoms with Crippen LogP contribution in [0.3, 0.4) is 0 Å². The number of rotatable bonds is 8. The van der Waals surface area contributed by atoms with E-state index < -0.39 is 0 Å². The van der Waals surface area contributed by atoms with Crippen LogP contribution in [0.5, 0.6) is 0 Å². The van der Waals surface area contributed by atoms with Crippen molar-refractivity contribution in [2.45, 2.75) is 32.9 Å². The highest BCUT2D eigenvalue weighted by Gasteiger charge is 2.33. The van der Waals surface area contributed by atoms with Gasteiger partial charge in [0.2, 0.25) is 17.6 Å². The third-order valence-corrected chi connectivity index (χ3v) is 6.53. The Morgan fingerprint density at radius 1 is 0.970 bits per heavy atom. The van der Waals surface area contributed by atoms with Gasteiger partial charge in [-0.1, -0.05) is 79.7 Å². The van der Waals surface area contributed by atoms with Gasteiger partial charge in [0, 0.05) is 31.7 Å². The minimum atomic E-state index is -0.241. The van der Waals surface area contributed by atoms with Crippen LogP contribution in [0.4, 0.5) is 0 Å². The van der Waals surface area contributed by atoms with Crippen LogP contribution in [-0.4, -0.2) is 70.0 Å². The zero-order valence-corrected chi connectivity index (χ0v) is 19.7. The molecule has 2 aromatic carbocycles. The molecule has 7 nitrogen and oxygen atoms in total. The topological polar surface area (TPSA) is 65.7 Å². The first kappa shape index (κ1) is 23.1. The predicted molar refractivity (Wildman–Crippen MR) is 128 cm³/mol. The molecule has 1 fully saturated rings. The Morgan fingerprint density at radius 2 is 1.58 bits per heavy atom. The first-order valence-electron chi connectivity index (χ1n) is 11.8. The molecule has 0 spiro atoms. The van der Waals surface area contributed by atoms with Gasteiger partial charge in [0.15, 0.2) is 0 Å². The van der Waals surface area contributed by atoms with Crippen LogP contribution in [-0.2, 0) is 4.79 Å². The van der Waals surface area contributed by atoms with Crippen molar-refractivity contribution in [1.82, 2.24) is 24.8 Å². The van der Waals surface area contributed by atoms with Gasteiger partial charge in [-0.15, -0.1) is 0 Å². The van der Waals surface area contributed by atoms with Crippen LogP contribution in [0.25, 0.3) is 11.4 Å². The number of aromatic nitrogens is 2. The van der Waals surface area contributed by atoms with E-state index in [9.17, 15) is 4.79 Å². The first-order chi connectivity index (χ1) is 16.1. The Labute approximate surface area is 196 Å². The molecular formula is C26H33N5O2. The second-order valence-corrected chi connectivity index (χ2v) is 8.39. The Balaban J connectivity index is 1.41. The van der Waals surface area contributed by atoms with E-state index in [1.807, 2.05) is 53.4 Å². The van der Waals surface area contributed by atoms with Crippen molar-refractivity contribution >= 4 is 5.91 Å². The van der Waals surface area contributed by atoms with E-state index >= 15 is 0 Å². The van der Waals surface area contributed by atoms with E-state index in [1.165, 1.54) is 0 Å². The van der Waals surface area contributed by atoms with Crippen LogP contribution in [0.15, 0.2) is 65.2 Å². The summed E-state index contributed by atoms with van der Waals surface area (Å²) >= 11 is 0. The quantitative estimate of drug-likeness (QED) is 0.520. The van der Waals surface area contributed by atoms with Crippen LogP contribution in [0, 0.1) is 0 Å². The molecule has 1 aliphatic rings. The molecular weight excluding hydrogens is 414 g/mol. The van der Waals surface area contributed by atoms with Crippen LogP contribution in [0.2, 0.25) is 0 Å². The fraction of sp³-hybridized carbons (Fsp3) is 0.423. The van der Waals surface area contributed by atoms with Gasteiger partial charge in [0.05, 0.1) is 6.04 Å². The minimum Gasteiger partial charge on any atom is -0.338 e. The molecule has 33 heavy (non-hydrogen) atoms. The Kier molecular flexibility index (Phi) is 7.52. The van der Waals surface area contributed by atoms with Crippen molar-refractivity contribution in [3.8, 4) is 11.4 Å². The maximum absolute atomic E-state index is 13.6. The summed E-state index contributed by atoms with van der Waals surface area (Å²) in [5, 5.41) is 4.16. The van der Waals surface area contributed by atoms with Gasteiger partial charge in [-0.3, -0.25) is 14.6 Å². The first-order valence-corrected chi connectivity index (χ1v) is 11.8. The number of nitrogens with zero attached hydrogens (tertiary/aromatic N) is 5. The molecule has 0 N–H and O–H groups in total. The van der Waals surface area contributed by atoms with Crippen LogP contribution >= 0.6 is 0 Å². The summed E-state index contributed by atoms with van der Waals surface area (Å²) in [4.78, 5) is 24.7. The third-order valence-electron chi connectivity index (χ3n) is 6.53. The summed E-state index contributed by atoms with van der Waals surface area (Å²) < 4.78 is 5.57. The van der Waals surface area contributed by atoms with Gasteiger partial charge < -0.3 is 9.42 Å². The number of carbonyl (C=O) groups is 1. The molecule has 0 saturated carbocycles. The number of hydrogen-bond acceptors (Lipinski definition) is 6. The van der Waals surface area contributed by atoms with E-state index in [-0.39, 0.29) is 18.0 Å². The van der Waals surface area contributed by atoms with E-state index in [0.29, 0.717) is 24.8 Å². The van der Waals surface area contributed by atoms with Gasteiger partial charge >= 0.3 is 0 Å². The second-order valence-electron chi connectivity index (χ2n) is 8.39. The van der Waals surface area contributed by atoms with Gasteiger partial charge in [0.25, 0.3) is 0 Å². The summed E-state index contributed by atoms with van der Waals surface area (Å²) in [6.45, 7) is 10.9. The van der Waals surface area contributed by atoms with Crippen molar-refractivity contribution in [1.29, 1.82) is 0 Å². The summed E-state index contributed by atoms with van der Waals surface area (Å²) in [6, 6.07) is 19.7. The highest BCUT2D eigenvalue weighted by Crippen LogP contribution is 2.26. The average molecular weight is 448 g/mol. The molecule has 0 radical (unpaired) electrons. The van der Waals surface area contributed by atoms with Crippen molar-refractivity contribution in [3.63, 3.8) is 0 Å². The number of carbonyl (C=O) groups excluding carboxylic acids is 1. The Bertz CT molecular complexity index is 1010. The largest absolute Gasteiger partial charge is 0.338 e. The lowest BCUT2D eigenvalue weighted by Crippen LogP contribution is -2.52. The molecule has 0 bridgehead atoms. The second kappa shape index (κ2) is 10.7. The zero-order valence-electron chi connectivity index (χ0n) is 19.7. The van der Waals surface area contributed by atoms with Crippen molar-refractivity contribution < 1.29 is 9.32 Å². The van der Waals surface area contributed by atoms with Gasteiger partial charge in [-0.2, -0.15) is 4.98 Å². The van der Waals surface area contributed by atoms with Gasteiger partial charge in [-0.05, 0) is 25.6 Å². The van der Waals surface area contributed by atoms with E-state index in [1.54, 1.807) is 0 Å². The lowest BCUT2D eigenvalue weighted by atomic mass is 10.0. The van der Waals surface area contributed by atoms with Gasteiger partial charge in [-0.25, -0.2) is 0 Å². The monoisotopic (exact) mass is 447 g/mol. The predicted octanol–water partition coefficient (Wildman–Crippen LogP) is 4.02. The molecule has 1 aliphatic heterocycles. The highest BCUT2D eigenvalue weighted by molar-refractivity contribution is 5.83. The highest BCUT2D eigenvalue weighted by atomic mass is 16.5. The SMILES string of the molecule is CCN(CC)C(C(=O)N1CCN(C(C)c2nc(-c3ccccc3)no2)CC1)c1ccccc1. The fourth-order valence-electron chi connectivity index (χ4n) is 4.50. The van der Waals surface area contributed by atoms with E-state index in [4.69, 9.17) is 4.52 Å². The van der Waals surface area contributed by atoms with Gasteiger partial charge in [0.1, 0.15) is 6.04 Å². The maximum atomic E-state index is 13.6. The number of piperazine rings is 1. The van der Waals surface area contributed by atoms with Crippen LogP contribution in [0.1, 0.15) is 44.3 Å². The van der Waals surface area contributed by atoms with Crippen molar-refractivity contribution in [2.24, 2.45) is 0 Å². The number of benzene rings is 2. The zero-order chi connectivity index (χ0) is 23.2. The van der Waals surface area contributed by atoms with E-state index in [2.05, 4.69) is 52.8 Å². The van der Waals surface area contributed by atoms with Crippen molar-refractivity contribution in [3.05, 3.63) is 72.1 Å². The summed E-state index contributed by atoms with van der Waals surface area (Å²) in [5.74, 6) is 1.40. The van der Waals surface area contributed by atoms with Crippen molar-refractivity contribution in [2.75, 3.05) is 39.3 Å². The molecule has 174 valence electrons. The maximum Gasteiger partial charge on any atom is 0.244 e. The smallest absolute Gasteiger partial charge is 0.244 e. The molecule has 1 aromatic heterocycles. The molecule has 2 unspecified atom stereocenters. The number of likely N-dealkylation sites (N-methyl/N-ethyl adjacent to an activating group) is 1. The molecule has 3 aromatic rings. The molecule has 7 heteroatoms. The molecule has 1 amide bonds. The number of amides is 1. The molecule has 4 rings (SSSR count). The lowest BCUT2D eigenvalue weighted by Gasteiger charge is -2.40. The standard InChI is InChI=1S/C26H33N5O2/c1-4-29(5-2)23(21-12-8-6-9-13-21)26(32)31-18-16-30(17-19-31)20(3)25-27-24(28-33-25)22-14-10-7-11-15-22/h6-15,20,23H,4-5,16-19H2,1-3H3. The molecule has 2 atom stereocenters. The normalized spacial score (nSPS) is 16.7. The Morgan fingerprint density at radius 3 is 2.18 bits per heavy atom. The summed E-state index contributed by atoms with van der Waals surface area (Å²) in [6.07, 6.45) is 0. The fourth-order valence-corrected chi connectivity index (χ4v) is 4.50. The molecule has 0 aliphatic carbocycles. The molecule has 2 heterocycles. The van der Waals surface area contributed by atoms with E-state index in [0.717, 1.165) is 37.3 Å². The average Bonchev–Trinajstić information content (AvgIpc) is 3.38. The minimum absolute atomic E-state index is 0.0000772. The summed E-state index contributed by atoms with van der Waals surface area (Å²) in [7, 11) is 0. The third kappa shape index (κ3) is 5.15. The molecule has 1 saturated heterocycles. The lowest BCUT2D eigenvalue weighted by molar-refractivity contribution is -0.139. The Hall–Kier alpha value is -3.03. The van der Waals surface area contributed by atoms with Crippen LogP contribution < -0.4 is 0 Å². The number of hydrogen-bond donors (Lipinski definition) is 0. The summed E-state index contributed by atoms with van der Waals surface area (Å²) in [5.41, 5.74) is 2.00.